The van der Waals surface area contributed by atoms with Gasteiger partial charge in [0.15, 0.2) is 0 Å². The van der Waals surface area contributed by atoms with Gasteiger partial charge in [0.25, 0.3) is 0 Å². The number of rotatable bonds is 8. The molecule has 8 nitrogen and oxygen atoms in total. The van der Waals surface area contributed by atoms with Crippen molar-refractivity contribution in [1.29, 1.82) is 0 Å². The van der Waals surface area contributed by atoms with Crippen LogP contribution in [0, 0.1) is 0 Å². The Balaban J connectivity index is 1.57. The van der Waals surface area contributed by atoms with Crippen LogP contribution in [0.3, 0.4) is 0 Å². The molecule has 30 heavy (non-hydrogen) atoms. The van der Waals surface area contributed by atoms with Crippen LogP contribution in [-0.4, -0.2) is 39.1 Å². The van der Waals surface area contributed by atoms with E-state index in [0.29, 0.717) is 26.2 Å². The molecule has 0 aliphatic carbocycles. The highest BCUT2D eigenvalue weighted by atomic mass is 15.3. The Morgan fingerprint density at radius 3 is 0.900 bits per heavy atom. The lowest BCUT2D eigenvalue weighted by Gasteiger charge is -2.17. The van der Waals surface area contributed by atoms with Gasteiger partial charge in [-0.05, 0) is 46.5 Å². The molecular weight excluding hydrogens is 376 g/mol. The van der Waals surface area contributed by atoms with Crippen molar-refractivity contribution < 1.29 is 0 Å². The van der Waals surface area contributed by atoms with E-state index in [9.17, 15) is 0 Å². The first-order valence-corrected chi connectivity index (χ1v) is 9.87. The fraction of sp³-hybridized carbons (Fsp3) is 0.182. The average molecular weight is 398 g/mol. The molecule has 0 bridgehead atoms. The Morgan fingerprint density at radius 1 is 0.433 bits per heavy atom. The first-order valence-electron chi connectivity index (χ1n) is 9.87. The number of benzene rings is 1. The topological polar surface area (TPSA) is 71.3 Å². The summed E-state index contributed by atoms with van der Waals surface area (Å²) < 4.78 is 7.80. The molecule has 0 saturated carbocycles. The highest BCUT2D eigenvalue weighted by molar-refractivity contribution is 5.39. The first-order chi connectivity index (χ1) is 14.8. The molecule has 0 fully saturated rings. The molecule has 150 valence electrons. The van der Waals surface area contributed by atoms with Gasteiger partial charge in [-0.3, -0.25) is 18.7 Å². The molecular formula is C22H22N8. The Kier molecular flexibility index (Phi) is 4.95. The van der Waals surface area contributed by atoms with Crippen LogP contribution in [0.1, 0.15) is 22.3 Å². The lowest BCUT2D eigenvalue weighted by atomic mass is 9.97. The maximum Gasteiger partial charge on any atom is 0.0662 e. The van der Waals surface area contributed by atoms with Crippen LogP contribution in [0.25, 0.3) is 0 Å². The van der Waals surface area contributed by atoms with E-state index in [1.165, 1.54) is 22.3 Å². The van der Waals surface area contributed by atoms with E-state index >= 15 is 0 Å². The number of nitrogens with zero attached hydrogens (tertiary/aromatic N) is 8. The van der Waals surface area contributed by atoms with E-state index < -0.39 is 0 Å². The highest BCUT2D eigenvalue weighted by Crippen LogP contribution is 2.22. The van der Waals surface area contributed by atoms with Crippen molar-refractivity contribution in [3.63, 3.8) is 0 Å². The summed E-state index contributed by atoms with van der Waals surface area (Å²) in [5, 5.41) is 17.6. The van der Waals surface area contributed by atoms with Gasteiger partial charge < -0.3 is 0 Å². The second-order valence-electron chi connectivity index (χ2n) is 7.20. The van der Waals surface area contributed by atoms with Gasteiger partial charge in [0, 0.05) is 49.6 Å². The summed E-state index contributed by atoms with van der Waals surface area (Å²) in [6.45, 7) is 2.82. The van der Waals surface area contributed by atoms with Gasteiger partial charge in [0.2, 0.25) is 0 Å². The van der Waals surface area contributed by atoms with Crippen molar-refractivity contribution in [2.24, 2.45) is 0 Å². The summed E-state index contributed by atoms with van der Waals surface area (Å²) in [6, 6.07) is 12.4. The zero-order valence-corrected chi connectivity index (χ0v) is 16.5. The molecule has 0 saturated heterocycles. The monoisotopic (exact) mass is 398 g/mol. The van der Waals surface area contributed by atoms with Gasteiger partial charge >= 0.3 is 0 Å². The molecule has 8 heteroatoms. The molecule has 0 amide bonds. The van der Waals surface area contributed by atoms with Crippen LogP contribution in [0.4, 0.5) is 0 Å². The lowest BCUT2D eigenvalue weighted by Crippen LogP contribution is -2.13. The summed E-state index contributed by atoms with van der Waals surface area (Å²) >= 11 is 0. The van der Waals surface area contributed by atoms with Crippen molar-refractivity contribution in [2.75, 3.05) is 0 Å². The fourth-order valence-electron chi connectivity index (χ4n) is 3.65. The third-order valence-corrected chi connectivity index (χ3v) is 5.09. The molecule has 4 heterocycles. The van der Waals surface area contributed by atoms with E-state index in [-0.39, 0.29) is 0 Å². The highest BCUT2D eigenvalue weighted by Gasteiger charge is 2.13. The molecule has 5 rings (SSSR count). The quantitative estimate of drug-likeness (QED) is 0.403. The van der Waals surface area contributed by atoms with Gasteiger partial charge in [-0.25, -0.2) is 0 Å². The van der Waals surface area contributed by atoms with Crippen molar-refractivity contribution in [3.8, 4) is 0 Å². The van der Waals surface area contributed by atoms with Crippen molar-refractivity contribution in [1.82, 2.24) is 39.1 Å². The lowest BCUT2D eigenvalue weighted by molar-refractivity contribution is 0.632. The number of hydrogen-bond acceptors (Lipinski definition) is 4. The van der Waals surface area contributed by atoms with E-state index in [2.05, 4.69) is 32.5 Å². The summed E-state index contributed by atoms with van der Waals surface area (Å²) in [5.41, 5.74) is 4.89. The normalized spacial score (nSPS) is 11.2. The van der Waals surface area contributed by atoms with Gasteiger partial charge in [-0.15, -0.1) is 0 Å². The summed E-state index contributed by atoms with van der Waals surface area (Å²) in [6.07, 6.45) is 15.2. The standard InChI is InChI=1S/C22H22N8/c1-5-23-27(9-1)15-19-13-21(17-29-11-3-7-25-29)22(18-30-12-4-8-26-30)14-20(19)16-28-10-2-6-24-28/h1-14H,15-18H2. The molecule has 0 aliphatic rings. The predicted molar refractivity (Wildman–Crippen MR) is 112 cm³/mol. The third-order valence-electron chi connectivity index (χ3n) is 5.09. The van der Waals surface area contributed by atoms with Crippen LogP contribution in [0.5, 0.6) is 0 Å². The number of hydrogen-bond donors (Lipinski definition) is 0. The maximum absolute atomic E-state index is 4.40. The largest absolute Gasteiger partial charge is 0.268 e. The minimum atomic E-state index is 0.706. The Morgan fingerprint density at radius 2 is 0.700 bits per heavy atom. The van der Waals surface area contributed by atoms with E-state index in [1.807, 2.05) is 92.6 Å². The maximum atomic E-state index is 4.40. The molecule has 0 N–H and O–H groups in total. The zero-order chi connectivity index (χ0) is 20.2. The summed E-state index contributed by atoms with van der Waals surface area (Å²) in [5.74, 6) is 0. The van der Waals surface area contributed by atoms with Crippen molar-refractivity contribution >= 4 is 0 Å². The summed E-state index contributed by atoms with van der Waals surface area (Å²) in [7, 11) is 0. The molecule has 0 radical (unpaired) electrons. The molecule has 0 unspecified atom stereocenters. The molecule has 0 aliphatic heterocycles. The smallest absolute Gasteiger partial charge is 0.0662 e. The second-order valence-corrected chi connectivity index (χ2v) is 7.20. The Labute approximate surface area is 174 Å². The average Bonchev–Trinajstić information content (AvgIpc) is 3.54. The minimum absolute atomic E-state index is 0.706. The van der Waals surface area contributed by atoms with Crippen LogP contribution < -0.4 is 0 Å². The molecule has 4 aromatic heterocycles. The van der Waals surface area contributed by atoms with Crippen LogP contribution >= 0.6 is 0 Å². The third kappa shape index (κ3) is 4.07. The van der Waals surface area contributed by atoms with Crippen molar-refractivity contribution in [3.05, 3.63) is 108 Å². The van der Waals surface area contributed by atoms with Crippen LogP contribution in [0.2, 0.25) is 0 Å². The Hall–Kier alpha value is -3.94. The molecule has 5 aromatic rings. The minimum Gasteiger partial charge on any atom is -0.268 e. The number of aromatic nitrogens is 8. The van der Waals surface area contributed by atoms with E-state index in [1.54, 1.807) is 0 Å². The van der Waals surface area contributed by atoms with Gasteiger partial charge in [-0.1, -0.05) is 12.1 Å². The Bertz CT molecular complexity index is 983. The van der Waals surface area contributed by atoms with Gasteiger partial charge in [0.05, 0.1) is 26.2 Å². The van der Waals surface area contributed by atoms with Gasteiger partial charge in [-0.2, -0.15) is 20.4 Å². The van der Waals surface area contributed by atoms with E-state index in [4.69, 9.17) is 0 Å². The SMILES string of the molecule is c1cnn(Cc2cc(Cn3cccn3)c(Cn3cccn3)cc2Cn2cccn2)c1. The van der Waals surface area contributed by atoms with E-state index in [0.717, 1.165) is 0 Å². The molecule has 1 aromatic carbocycles. The zero-order valence-electron chi connectivity index (χ0n) is 16.5. The second kappa shape index (κ2) is 8.20. The first kappa shape index (κ1) is 18.1. The van der Waals surface area contributed by atoms with Gasteiger partial charge in [0.1, 0.15) is 0 Å². The van der Waals surface area contributed by atoms with Crippen LogP contribution in [0.15, 0.2) is 86.0 Å². The predicted octanol–water partition coefficient (Wildman–Crippen LogP) is 2.67. The summed E-state index contributed by atoms with van der Waals surface area (Å²) in [4.78, 5) is 0. The fourth-order valence-corrected chi connectivity index (χ4v) is 3.65. The molecule has 0 spiro atoms. The molecule has 0 atom stereocenters. The van der Waals surface area contributed by atoms with Crippen LogP contribution in [-0.2, 0) is 26.2 Å². The van der Waals surface area contributed by atoms with Crippen molar-refractivity contribution in [2.45, 2.75) is 26.2 Å².